The standard InChI is InChI=1S/C14H17NO2/c1-11(15-2)13-7-3-4-8-14(13)17-10-12-6-5-9-16-12/h3-9,11,15H,10H2,1-2H3. The lowest BCUT2D eigenvalue weighted by atomic mass is 10.1. The van der Waals surface area contributed by atoms with Crippen molar-refractivity contribution in [2.45, 2.75) is 19.6 Å². The maximum atomic E-state index is 5.77. The molecule has 90 valence electrons. The molecule has 17 heavy (non-hydrogen) atoms. The number of para-hydroxylation sites is 1. The first kappa shape index (κ1) is 11.7. The maximum Gasteiger partial charge on any atom is 0.146 e. The van der Waals surface area contributed by atoms with Crippen LogP contribution in [-0.4, -0.2) is 7.05 Å². The van der Waals surface area contributed by atoms with Crippen molar-refractivity contribution in [2.75, 3.05) is 7.05 Å². The molecule has 1 N–H and O–H groups in total. The lowest BCUT2D eigenvalue weighted by Gasteiger charge is -2.15. The maximum absolute atomic E-state index is 5.77. The highest BCUT2D eigenvalue weighted by atomic mass is 16.5. The van der Waals surface area contributed by atoms with E-state index in [0.29, 0.717) is 6.61 Å². The summed E-state index contributed by atoms with van der Waals surface area (Å²) in [6, 6.07) is 12.1. The molecule has 0 aliphatic heterocycles. The molecular formula is C14H17NO2. The third-order valence-electron chi connectivity index (χ3n) is 2.77. The number of benzene rings is 1. The van der Waals surface area contributed by atoms with Gasteiger partial charge in [-0.15, -0.1) is 0 Å². The van der Waals surface area contributed by atoms with E-state index in [1.807, 2.05) is 37.4 Å². The summed E-state index contributed by atoms with van der Waals surface area (Å²) >= 11 is 0. The van der Waals surface area contributed by atoms with Gasteiger partial charge < -0.3 is 14.5 Å². The van der Waals surface area contributed by atoms with Crippen LogP contribution < -0.4 is 10.1 Å². The number of furan rings is 1. The molecule has 3 nitrogen and oxygen atoms in total. The fraction of sp³-hybridized carbons (Fsp3) is 0.286. The van der Waals surface area contributed by atoms with E-state index in [1.54, 1.807) is 6.26 Å². The molecule has 0 amide bonds. The molecular weight excluding hydrogens is 214 g/mol. The highest BCUT2D eigenvalue weighted by Gasteiger charge is 2.09. The molecule has 2 aromatic rings. The van der Waals surface area contributed by atoms with Crippen molar-refractivity contribution in [1.82, 2.24) is 5.32 Å². The molecule has 1 unspecified atom stereocenters. The fourth-order valence-corrected chi connectivity index (χ4v) is 1.67. The molecule has 1 aromatic carbocycles. The van der Waals surface area contributed by atoms with Crippen molar-refractivity contribution >= 4 is 0 Å². The molecule has 1 heterocycles. The van der Waals surface area contributed by atoms with E-state index in [4.69, 9.17) is 9.15 Å². The SMILES string of the molecule is CNC(C)c1ccccc1OCc1ccco1. The van der Waals surface area contributed by atoms with Gasteiger partial charge in [-0.1, -0.05) is 18.2 Å². The molecule has 2 rings (SSSR count). The largest absolute Gasteiger partial charge is 0.485 e. The predicted molar refractivity (Wildman–Crippen MR) is 67.0 cm³/mol. The second-order valence-electron chi connectivity index (χ2n) is 3.92. The van der Waals surface area contributed by atoms with Crippen molar-refractivity contribution in [3.05, 3.63) is 54.0 Å². The van der Waals surface area contributed by atoms with Gasteiger partial charge in [-0.05, 0) is 32.2 Å². The third kappa shape index (κ3) is 2.88. The first-order chi connectivity index (χ1) is 8.31. The summed E-state index contributed by atoms with van der Waals surface area (Å²) in [5.74, 6) is 1.72. The zero-order valence-electron chi connectivity index (χ0n) is 10.1. The topological polar surface area (TPSA) is 34.4 Å². The highest BCUT2D eigenvalue weighted by molar-refractivity contribution is 5.35. The van der Waals surface area contributed by atoms with Crippen molar-refractivity contribution in [2.24, 2.45) is 0 Å². The van der Waals surface area contributed by atoms with Crippen molar-refractivity contribution in [3.8, 4) is 5.75 Å². The second-order valence-corrected chi connectivity index (χ2v) is 3.92. The first-order valence-corrected chi connectivity index (χ1v) is 5.72. The van der Waals surface area contributed by atoms with Crippen LogP contribution in [0.1, 0.15) is 24.3 Å². The van der Waals surface area contributed by atoms with Gasteiger partial charge in [0.05, 0.1) is 6.26 Å². The first-order valence-electron chi connectivity index (χ1n) is 5.72. The van der Waals surface area contributed by atoms with E-state index in [2.05, 4.69) is 18.3 Å². The Hall–Kier alpha value is -1.74. The molecule has 0 aliphatic carbocycles. The minimum Gasteiger partial charge on any atom is -0.485 e. The van der Waals surface area contributed by atoms with Crippen molar-refractivity contribution < 1.29 is 9.15 Å². The van der Waals surface area contributed by atoms with Crippen LogP contribution in [0.25, 0.3) is 0 Å². The van der Waals surface area contributed by atoms with Crippen LogP contribution in [0.4, 0.5) is 0 Å². The second kappa shape index (κ2) is 5.55. The minimum absolute atomic E-state index is 0.266. The molecule has 0 aliphatic rings. The van der Waals surface area contributed by atoms with Crippen LogP contribution >= 0.6 is 0 Å². The number of nitrogens with one attached hydrogen (secondary N) is 1. The average molecular weight is 231 g/mol. The molecule has 3 heteroatoms. The Morgan fingerprint density at radius 1 is 1.24 bits per heavy atom. The summed E-state index contributed by atoms with van der Waals surface area (Å²) in [7, 11) is 1.94. The Morgan fingerprint density at radius 3 is 2.76 bits per heavy atom. The van der Waals surface area contributed by atoms with E-state index < -0.39 is 0 Å². The van der Waals surface area contributed by atoms with Gasteiger partial charge >= 0.3 is 0 Å². The molecule has 0 saturated heterocycles. The molecule has 1 aromatic heterocycles. The van der Waals surface area contributed by atoms with Gasteiger partial charge in [-0.25, -0.2) is 0 Å². The summed E-state index contributed by atoms with van der Waals surface area (Å²) < 4.78 is 11.0. The van der Waals surface area contributed by atoms with Crippen molar-refractivity contribution in [3.63, 3.8) is 0 Å². The Bertz CT molecular complexity index is 451. The van der Waals surface area contributed by atoms with Gasteiger partial charge in [0.2, 0.25) is 0 Å². The van der Waals surface area contributed by atoms with Crippen LogP contribution in [-0.2, 0) is 6.61 Å². The van der Waals surface area contributed by atoms with Crippen molar-refractivity contribution in [1.29, 1.82) is 0 Å². The van der Waals surface area contributed by atoms with Gasteiger partial charge in [-0.2, -0.15) is 0 Å². The third-order valence-corrected chi connectivity index (χ3v) is 2.77. The molecule has 0 spiro atoms. The van der Waals surface area contributed by atoms with Crippen LogP contribution in [0.2, 0.25) is 0 Å². The summed E-state index contributed by atoms with van der Waals surface area (Å²) in [5.41, 5.74) is 1.15. The van der Waals surface area contributed by atoms with Crippen LogP contribution in [0.5, 0.6) is 5.75 Å². The number of rotatable bonds is 5. The molecule has 0 fully saturated rings. The number of hydrogen-bond acceptors (Lipinski definition) is 3. The van der Waals surface area contributed by atoms with Crippen LogP contribution in [0.3, 0.4) is 0 Å². The minimum atomic E-state index is 0.266. The van der Waals surface area contributed by atoms with E-state index in [-0.39, 0.29) is 6.04 Å². The van der Waals surface area contributed by atoms with E-state index >= 15 is 0 Å². The fourth-order valence-electron chi connectivity index (χ4n) is 1.67. The number of hydrogen-bond donors (Lipinski definition) is 1. The quantitative estimate of drug-likeness (QED) is 0.858. The predicted octanol–water partition coefficient (Wildman–Crippen LogP) is 3.14. The molecule has 0 saturated carbocycles. The summed E-state index contributed by atoms with van der Waals surface area (Å²) in [6.45, 7) is 2.57. The van der Waals surface area contributed by atoms with Gasteiger partial charge in [0.15, 0.2) is 0 Å². The number of ether oxygens (including phenoxy) is 1. The normalized spacial score (nSPS) is 12.4. The van der Waals surface area contributed by atoms with E-state index in [9.17, 15) is 0 Å². The molecule has 0 radical (unpaired) electrons. The molecule has 0 bridgehead atoms. The Kier molecular flexibility index (Phi) is 3.83. The van der Waals surface area contributed by atoms with Crippen LogP contribution in [0.15, 0.2) is 47.1 Å². The van der Waals surface area contributed by atoms with Gasteiger partial charge in [0.1, 0.15) is 18.1 Å². The smallest absolute Gasteiger partial charge is 0.146 e. The Morgan fingerprint density at radius 2 is 2.06 bits per heavy atom. The summed E-state index contributed by atoms with van der Waals surface area (Å²) in [4.78, 5) is 0. The molecule has 1 atom stereocenters. The lowest BCUT2D eigenvalue weighted by molar-refractivity contribution is 0.266. The summed E-state index contributed by atoms with van der Waals surface area (Å²) in [5, 5.41) is 3.21. The van der Waals surface area contributed by atoms with E-state index in [1.165, 1.54) is 0 Å². The van der Waals surface area contributed by atoms with Crippen LogP contribution in [0, 0.1) is 0 Å². The average Bonchev–Trinajstić information content (AvgIpc) is 2.89. The lowest BCUT2D eigenvalue weighted by Crippen LogP contribution is -2.13. The van der Waals surface area contributed by atoms with Gasteiger partial charge in [-0.3, -0.25) is 0 Å². The Balaban J connectivity index is 2.09. The van der Waals surface area contributed by atoms with Gasteiger partial charge in [0, 0.05) is 11.6 Å². The zero-order valence-corrected chi connectivity index (χ0v) is 10.1. The van der Waals surface area contributed by atoms with E-state index in [0.717, 1.165) is 17.1 Å². The Labute approximate surface area is 101 Å². The van der Waals surface area contributed by atoms with Gasteiger partial charge in [0.25, 0.3) is 0 Å². The highest BCUT2D eigenvalue weighted by Crippen LogP contribution is 2.25. The summed E-state index contributed by atoms with van der Waals surface area (Å²) in [6.07, 6.45) is 1.65. The monoisotopic (exact) mass is 231 g/mol. The zero-order chi connectivity index (χ0) is 12.1.